The summed E-state index contributed by atoms with van der Waals surface area (Å²) in [7, 11) is 0. The van der Waals surface area contributed by atoms with Crippen LogP contribution in [0.25, 0.3) is 0 Å². The quantitative estimate of drug-likeness (QED) is 0.773. The van der Waals surface area contributed by atoms with Crippen molar-refractivity contribution in [3.63, 3.8) is 0 Å². The van der Waals surface area contributed by atoms with E-state index in [9.17, 15) is 5.11 Å². The molecule has 20 heavy (non-hydrogen) atoms. The first-order valence-corrected chi connectivity index (χ1v) is 7.01. The van der Waals surface area contributed by atoms with Crippen molar-refractivity contribution in [1.82, 2.24) is 0 Å². The normalized spacial score (nSPS) is 10.3. The SMILES string of the molecule is CCCOc1cccc(CNc2ccc(O)c(Cl)c2)c1. The summed E-state index contributed by atoms with van der Waals surface area (Å²) < 4.78 is 5.60. The lowest BCUT2D eigenvalue weighted by atomic mass is 10.2. The van der Waals surface area contributed by atoms with Crippen LogP contribution < -0.4 is 10.1 Å². The number of rotatable bonds is 6. The number of phenols is 1. The summed E-state index contributed by atoms with van der Waals surface area (Å²) in [6.07, 6.45) is 0.995. The molecule has 0 saturated heterocycles. The molecule has 0 fully saturated rings. The van der Waals surface area contributed by atoms with Crippen molar-refractivity contribution >= 4 is 17.3 Å². The zero-order chi connectivity index (χ0) is 14.4. The second-order valence-electron chi connectivity index (χ2n) is 4.52. The number of phenolic OH excluding ortho intramolecular Hbond substituents is 1. The smallest absolute Gasteiger partial charge is 0.134 e. The number of ether oxygens (including phenoxy) is 1. The lowest BCUT2D eigenvalue weighted by Gasteiger charge is -2.09. The second-order valence-corrected chi connectivity index (χ2v) is 4.92. The standard InChI is InChI=1S/C16H18ClNO2/c1-2-8-20-14-5-3-4-12(9-14)11-18-13-6-7-16(19)15(17)10-13/h3-7,9-10,18-19H,2,8,11H2,1H3. The summed E-state index contributed by atoms with van der Waals surface area (Å²) in [5, 5.41) is 13.0. The monoisotopic (exact) mass is 291 g/mol. The van der Waals surface area contributed by atoms with Gasteiger partial charge in [-0.1, -0.05) is 30.7 Å². The highest BCUT2D eigenvalue weighted by Crippen LogP contribution is 2.26. The lowest BCUT2D eigenvalue weighted by molar-refractivity contribution is 0.317. The summed E-state index contributed by atoms with van der Waals surface area (Å²) >= 11 is 5.87. The van der Waals surface area contributed by atoms with E-state index in [-0.39, 0.29) is 5.75 Å². The van der Waals surface area contributed by atoms with Crippen LogP contribution in [0, 0.1) is 0 Å². The minimum atomic E-state index is 0.0900. The van der Waals surface area contributed by atoms with E-state index in [0.717, 1.165) is 30.0 Å². The maximum atomic E-state index is 9.37. The molecule has 106 valence electrons. The van der Waals surface area contributed by atoms with Gasteiger partial charge in [0.2, 0.25) is 0 Å². The molecule has 3 nitrogen and oxygen atoms in total. The topological polar surface area (TPSA) is 41.5 Å². The fourth-order valence-electron chi connectivity index (χ4n) is 1.79. The first-order valence-electron chi connectivity index (χ1n) is 6.63. The Labute approximate surface area is 124 Å². The molecule has 0 amide bonds. The van der Waals surface area contributed by atoms with Crippen LogP contribution in [0.3, 0.4) is 0 Å². The Morgan fingerprint density at radius 3 is 2.80 bits per heavy atom. The zero-order valence-corrected chi connectivity index (χ0v) is 12.2. The number of anilines is 1. The van der Waals surface area contributed by atoms with Gasteiger partial charge >= 0.3 is 0 Å². The van der Waals surface area contributed by atoms with Crippen LogP contribution in [0.2, 0.25) is 5.02 Å². The van der Waals surface area contributed by atoms with Crippen molar-refractivity contribution in [2.75, 3.05) is 11.9 Å². The van der Waals surface area contributed by atoms with Crippen molar-refractivity contribution < 1.29 is 9.84 Å². The van der Waals surface area contributed by atoms with Crippen LogP contribution in [0.15, 0.2) is 42.5 Å². The summed E-state index contributed by atoms with van der Waals surface area (Å²) in [5.41, 5.74) is 2.00. The summed E-state index contributed by atoms with van der Waals surface area (Å²) in [6.45, 7) is 3.48. The molecule has 0 atom stereocenters. The highest BCUT2D eigenvalue weighted by Gasteiger charge is 2.01. The molecule has 0 aliphatic carbocycles. The first kappa shape index (κ1) is 14.5. The van der Waals surface area contributed by atoms with E-state index in [1.54, 1.807) is 18.2 Å². The van der Waals surface area contributed by atoms with Gasteiger partial charge in [-0.25, -0.2) is 0 Å². The van der Waals surface area contributed by atoms with Crippen LogP contribution in [0.5, 0.6) is 11.5 Å². The number of benzene rings is 2. The van der Waals surface area contributed by atoms with Crippen LogP contribution in [-0.2, 0) is 6.54 Å². The van der Waals surface area contributed by atoms with Crippen molar-refractivity contribution in [1.29, 1.82) is 0 Å². The number of halogens is 1. The molecule has 2 aromatic rings. The van der Waals surface area contributed by atoms with Crippen molar-refractivity contribution in [2.24, 2.45) is 0 Å². The van der Waals surface area contributed by atoms with Gasteiger partial charge in [-0.05, 0) is 42.3 Å². The average Bonchev–Trinajstić information content (AvgIpc) is 2.47. The Bertz CT molecular complexity index is 572. The Balaban J connectivity index is 1.97. The number of nitrogens with one attached hydrogen (secondary N) is 1. The number of aromatic hydroxyl groups is 1. The molecule has 4 heteroatoms. The molecule has 0 radical (unpaired) electrons. The predicted molar refractivity (Wildman–Crippen MR) is 82.7 cm³/mol. The predicted octanol–water partition coefficient (Wildman–Crippen LogP) is 4.45. The third-order valence-corrected chi connectivity index (χ3v) is 3.12. The molecule has 0 aromatic heterocycles. The van der Waals surface area contributed by atoms with E-state index in [1.807, 2.05) is 24.3 Å². The molecular weight excluding hydrogens is 274 g/mol. The van der Waals surface area contributed by atoms with Gasteiger partial charge in [0, 0.05) is 12.2 Å². The second kappa shape index (κ2) is 7.06. The van der Waals surface area contributed by atoms with Gasteiger partial charge in [0.25, 0.3) is 0 Å². The minimum Gasteiger partial charge on any atom is -0.506 e. The molecule has 0 aliphatic rings. The summed E-state index contributed by atoms with van der Waals surface area (Å²) in [5.74, 6) is 0.974. The molecule has 0 heterocycles. The number of hydrogen-bond donors (Lipinski definition) is 2. The molecule has 0 spiro atoms. The molecule has 0 unspecified atom stereocenters. The van der Waals surface area contributed by atoms with Crippen molar-refractivity contribution in [3.05, 3.63) is 53.1 Å². The molecular formula is C16H18ClNO2. The fraction of sp³-hybridized carbons (Fsp3) is 0.250. The van der Waals surface area contributed by atoms with E-state index < -0.39 is 0 Å². The summed E-state index contributed by atoms with van der Waals surface area (Å²) in [6, 6.07) is 13.1. The van der Waals surface area contributed by atoms with E-state index in [2.05, 4.69) is 12.2 Å². The van der Waals surface area contributed by atoms with Gasteiger partial charge in [0.15, 0.2) is 0 Å². The Morgan fingerprint density at radius 2 is 2.05 bits per heavy atom. The van der Waals surface area contributed by atoms with E-state index in [1.165, 1.54) is 0 Å². The largest absolute Gasteiger partial charge is 0.506 e. The first-order chi connectivity index (χ1) is 9.69. The van der Waals surface area contributed by atoms with Gasteiger partial charge in [-0.15, -0.1) is 0 Å². The van der Waals surface area contributed by atoms with Crippen molar-refractivity contribution in [2.45, 2.75) is 19.9 Å². The van der Waals surface area contributed by atoms with Crippen LogP contribution in [0.1, 0.15) is 18.9 Å². The third-order valence-electron chi connectivity index (χ3n) is 2.82. The van der Waals surface area contributed by atoms with Crippen LogP contribution >= 0.6 is 11.6 Å². The van der Waals surface area contributed by atoms with E-state index in [0.29, 0.717) is 11.6 Å². The Kier molecular flexibility index (Phi) is 5.13. The van der Waals surface area contributed by atoms with Gasteiger partial charge in [0.1, 0.15) is 11.5 Å². The number of hydrogen-bond acceptors (Lipinski definition) is 3. The van der Waals surface area contributed by atoms with Gasteiger partial charge in [0.05, 0.1) is 11.6 Å². The minimum absolute atomic E-state index is 0.0900. The molecule has 2 rings (SSSR count). The van der Waals surface area contributed by atoms with Crippen LogP contribution in [-0.4, -0.2) is 11.7 Å². The zero-order valence-electron chi connectivity index (χ0n) is 11.4. The highest BCUT2D eigenvalue weighted by atomic mass is 35.5. The molecule has 2 N–H and O–H groups in total. The third kappa shape index (κ3) is 4.07. The Morgan fingerprint density at radius 1 is 1.20 bits per heavy atom. The van der Waals surface area contributed by atoms with E-state index >= 15 is 0 Å². The van der Waals surface area contributed by atoms with Gasteiger partial charge in [-0.2, -0.15) is 0 Å². The molecule has 0 aliphatic heterocycles. The molecule has 0 bridgehead atoms. The average molecular weight is 292 g/mol. The highest BCUT2D eigenvalue weighted by molar-refractivity contribution is 6.32. The maximum absolute atomic E-state index is 9.37. The molecule has 0 saturated carbocycles. The van der Waals surface area contributed by atoms with E-state index in [4.69, 9.17) is 16.3 Å². The molecule has 2 aromatic carbocycles. The van der Waals surface area contributed by atoms with Crippen molar-refractivity contribution in [3.8, 4) is 11.5 Å². The Hall–Kier alpha value is -1.87. The summed E-state index contributed by atoms with van der Waals surface area (Å²) in [4.78, 5) is 0. The van der Waals surface area contributed by atoms with Gasteiger partial charge in [-0.3, -0.25) is 0 Å². The van der Waals surface area contributed by atoms with Crippen LogP contribution in [0.4, 0.5) is 5.69 Å². The lowest BCUT2D eigenvalue weighted by Crippen LogP contribution is -2.00. The van der Waals surface area contributed by atoms with Gasteiger partial charge < -0.3 is 15.2 Å². The maximum Gasteiger partial charge on any atom is 0.134 e. The fourth-order valence-corrected chi connectivity index (χ4v) is 1.97.